The van der Waals surface area contributed by atoms with Crippen molar-refractivity contribution in [2.45, 2.75) is 53.2 Å². The van der Waals surface area contributed by atoms with Crippen molar-refractivity contribution >= 4 is 17.1 Å². The van der Waals surface area contributed by atoms with Crippen LogP contribution in [0.25, 0.3) is 11.0 Å². The second kappa shape index (κ2) is 5.79. The van der Waals surface area contributed by atoms with Crippen LogP contribution < -0.4 is 5.63 Å². The normalized spacial score (nSPS) is 14.5. The number of rotatable bonds is 0. The number of fused-ring (bicyclic) bond motifs is 3. The molecule has 2 heterocycles. The molecule has 134 valence electrons. The molecular weight excluding hydrogens is 322 g/mol. The van der Waals surface area contributed by atoms with Crippen molar-refractivity contribution in [2.24, 2.45) is 0 Å². The minimum atomic E-state index is -0.587. The Balaban J connectivity index is 2.07. The van der Waals surface area contributed by atoms with Crippen molar-refractivity contribution in [3.63, 3.8) is 0 Å². The first-order valence-corrected chi connectivity index (χ1v) is 8.34. The Morgan fingerprint density at radius 2 is 1.96 bits per heavy atom. The summed E-state index contributed by atoms with van der Waals surface area (Å²) in [6.07, 6.45) is 0.109. The second-order valence-electron chi connectivity index (χ2n) is 7.54. The smallest absolute Gasteiger partial charge is 0.410 e. The van der Waals surface area contributed by atoms with Crippen LogP contribution in [0.4, 0.5) is 4.79 Å². The number of phenols is 1. The Morgan fingerprint density at radius 1 is 1.28 bits per heavy atom. The summed E-state index contributed by atoms with van der Waals surface area (Å²) in [6, 6.07) is 1.68. The van der Waals surface area contributed by atoms with E-state index in [1.807, 2.05) is 27.7 Å². The minimum absolute atomic E-state index is 0.110. The number of nitrogens with zero attached hydrogens (tertiary/aromatic N) is 1. The lowest BCUT2D eigenvalue weighted by atomic mass is 9.93. The maximum absolute atomic E-state index is 12.5. The van der Waals surface area contributed by atoms with Crippen molar-refractivity contribution < 1.29 is 19.1 Å². The van der Waals surface area contributed by atoms with Gasteiger partial charge in [-0.05, 0) is 58.2 Å². The number of benzene rings is 1. The Labute approximate surface area is 146 Å². The predicted octanol–water partition coefficient (Wildman–Crippen LogP) is 3.41. The number of amides is 1. The van der Waals surface area contributed by atoms with Gasteiger partial charge in [-0.2, -0.15) is 0 Å². The largest absolute Gasteiger partial charge is 0.508 e. The van der Waals surface area contributed by atoms with Gasteiger partial charge in [-0.25, -0.2) is 9.59 Å². The van der Waals surface area contributed by atoms with Crippen molar-refractivity contribution in [3.05, 3.63) is 38.7 Å². The third kappa shape index (κ3) is 3.08. The van der Waals surface area contributed by atoms with Gasteiger partial charge in [0.15, 0.2) is 0 Å². The fourth-order valence-electron chi connectivity index (χ4n) is 3.23. The summed E-state index contributed by atoms with van der Waals surface area (Å²) in [5, 5.41) is 10.8. The molecule has 2 aromatic rings. The van der Waals surface area contributed by atoms with E-state index in [9.17, 15) is 14.7 Å². The quantitative estimate of drug-likeness (QED) is 0.740. The molecule has 0 aliphatic carbocycles. The maximum atomic E-state index is 12.5. The molecule has 0 bridgehead atoms. The zero-order valence-corrected chi connectivity index (χ0v) is 15.2. The number of phenolic OH excluding ortho intramolecular Hbond substituents is 1. The molecule has 0 fully saturated rings. The van der Waals surface area contributed by atoms with Crippen LogP contribution in [-0.2, 0) is 17.7 Å². The zero-order chi connectivity index (χ0) is 18.5. The van der Waals surface area contributed by atoms with Gasteiger partial charge in [0.1, 0.15) is 16.9 Å². The number of aromatic hydroxyl groups is 1. The third-order valence-corrected chi connectivity index (χ3v) is 4.44. The lowest BCUT2D eigenvalue weighted by Crippen LogP contribution is -2.41. The van der Waals surface area contributed by atoms with Crippen LogP contribution in [0.2, 0.25) is 0 Å². The summed E-state index contributed by atoms with van der Waals surface area (Å²) in [7, 11) is 0. The molecule has 1 aliphatic rings. The van der Waals surface area contributed by atoms with E-state index in [1.165, 1.54) is 4.90 Å². The third-order valence-electron chi connectivity index (χ3n) is 4.44. The van der Waals surface area contributed by atoms with Crippen LogP contribution in [0, 0.1) is 13.8 Å². The molecule has 6 heteroatoms. The highest BCUT2D eigenvalue weighted by Crippen LogP contribution is 2.34. The van der Waals surface area contributed by atoms with E-state index >= 15 is 0 Å². The monoisotopic (exact) mass is 345 g/mol. The maximum Gasteiger partial charge on any atom is 0.410 e. The van der Waals surface area contributed by atoms with E-state index in [0.717, 1.165) is 16.5 Å². The molecule has 0 radical (unpaired) electrons. The molecule has 0 saturated carbocycles. The summed E-state index contributed by atoms with van der Waals surface area (Å²) < 4.78 is 10.9. The van der Waals surface area contributed by atoms with Crippen LogP contribution in [0.3, 0.4) is 0 Å². The van der Waals surface area contributed by atoms with Gasteiger partial charge in [-0.1, -0.05) is 0 Å². The van der Waals surface area contributed by atoms with Gasteiger partial charge in [0.05, 0.1) is 12.1 Å². The van der Waals surface area contributed by atoms with E-state index in [2.05, 4.69) is 0 Å². The van der Waals surface area contributed by atoms with Crippen molar-refractivity contribution in [2.75, 3.05) is 6.54 Å². The molecule has 0 atom stereocenters. The summed E-state index contributed by atoms with van der Waals surface area (Å²) in [5.41, 5.74) is 2.15. The highest BCUT2D eigenvalue weighted by molar-refractivity contribution is 5.89. The van der Waals surface area contributed by atoms with Crippen molar-refractivity contribution in [1.82, 2.24) is 4.90 Å². The Kier molecular flexibility index (Phi) is 4.01. The molecule has 25 heavy (non-hydrogen) atoms. The summed E-state index contributed by atoms with van der Waals surface area (Å²) >= 11 is 0. The van der Waals surface area contributed by atoms with Gasteiger partial charge < -0.3 is 19.2 Å². The second-order valence-corrected chi connectivity index (χ2v) is 7.54. The molecule has 1 aromatic carbocycles. The first kappa shape index (κ1) is 17.3. The van der Waals surface area contributed by atoms with E-state index in [4.69, 9.17) is 9.15 Å². The lowest BCUT2D eigenvalue weighted by molar-refractivity contribution is 0.0222. The SMILES string of the molecule is Cc1c(O)cc(C)c2c3c(c(=O)oc12)CN(C(=O)OC(C)(C)C)CC3. The summed E-state index contributed by atoms with van der Waals surface area (Å²) in [4.78, 5) is 26.3. The molecule has 1 aliphatic heterocycles. The average Bonchev–Trinajstić information content (AvgIpc) is 2.50. The Bertz CT molecular complexity index is 920. The molecule has 0 spiro atoms. The van der Waals surface area contributed by atoms with E-state index < -0.39 is 17.3 Å². The van der Waals surface area contributed by atoms with Crippen LogP contribution in [0.5, 0.6) is 5.75 Å². The number of ether oxygens (including phenoxy) is 1. The van der Waals surface area contributed by atoms with Crippen molar-refractivity contribution in [3.8, 4) is 5.75 Å². The predicted molar refractivity (Wildman–Crippen MR) is 94.0 cm³/mol. The number of hydrogen-bond acceptors (Lipinski definition) is 5. The standard InChI is InChI=1S/C19H23NO5/c1-10-8-14(21)11(2)16-15(10)12-6-7-20(9-13(12)17(22)24-16)18(23)25-19(3,4)5/h8,21H,6-7,9H2,1-5H3. The number of hydrogen-bond donors (Lipinski definition) is 1. The molecule has 1 aromatic heterocycles. The molecule has 1 N–H and O–H groups in total. The first-order valence-electron chi connectivity index (χ1n) is 8.34. The van der Waals surface area contributed by atoms with Gasteiger partial charge in [-0.3, -0.25) is 0 Å². The van der Waals surface area contributed by atoms with Gasteiger partial charge in [-0.15, -0.1) is 0 Å². The lowest BCUT2D eigenvalue weighted by Gasteiger charge is -2.31. The molecule has 3 rings (SSSR count). The van der Waals surface area contributed by atoms with Gasteiger partial charge in [0, 0.05) is 17.5 Å². The molecule has 6 nitrogen and oxygen atoms in total. The average molecular weight is 345 g/mol. The van der Waals surface area contributed by atoms with Gasteiger partial charge in [0.25, 0.3) is 0 Å². The van der Waals surface area contributed by atoms with E-state index in [-0.39, 0.29) is 12.3 Å². The molecule has 0 unspecified atom stereocenters. The molecule has 1 amide bonds. The van der Waals surface area contributed by atoms with Crippen molar-refractivity contribution in [1.29, 1.82) is 0 Å². The number of aryl methyl sites for hydroxylation is 2. The van der Waals surface area contributed by atoms with Gasteiger partial charge >= 0.3 is 11.7 Å². The fraction of sp³-hybridized carbons (Fsp3) is 0.474. The molecular formula is C19H23NO5. The topological polar surface area (TPSA) is 80.0 Å². The number of carbonyl (C=O) groups excluding carboxylic acids is 1. The summed E-state index contributed by atoms with van der Waals surface area (Å²) in [5.74, 6) is 0.110. The Hall–Kier alpha value is -2.50. The summed E-state index contributed by atoms with van der Waals surface area (Å²) in [6.45, 7) is 9.67. The van der Waals surface area contributed by atoms with Crippen LogP contribution >= 0.6 is 0 Å². The highest BCUT2D eigenvalue weighted by atomic mass is 16.6. The van der Waals surface area contributed by atoms with Crippen LogP contribution in [-0.4, -0.2) is 28.2 Å². The van der Waals surface area contributed by atoms with Crippen LogP contribution in [0.1, 0.15) is 43.0 Å². The molecule has 0 saturated heterocycles. The van der Waals surface area contributed by atoms with E-state index in [0.29, 0.717) is 29.7 Å². The minimum Gasteiger partial charge on any atom is -0.508 e. The zero-order valence-electron chi connectivity index (χ0n) is 15.2. The first-order chi connectivity index (χ1) is 11.6. The van der Waals surface area contributed by atoms with Crippen LogP contribution in [0.15, 0.2) is 15.3 Å². The van der Waals surface area contributed by atoms with E-state index in [1.54, 1.807) is 13.0 Å². The highest BCUT2D eigenvalue weighted by Gasteiger charge is 2.29. The Morgan fingerprint density at radius 3 is 2.60 bits per heavy atom. The van der Waals surface area contributed by atoms with Gasteiger partial charge in [0.2, 0.25) is 0 Å². The number of carbonyl (C=O) groups is 1. The fourth-order valence-corrected chi connectivity index (χ4v) is 3.23.